The molecule has 0 saturated carbocycles. The van der Waals surface area contributed by atoms with Gasteiger partial charge in [0.2, 0.25) is 0 Å². The molecule has 28 heavy (non-hydrogen) atoms. The van der Waals surface area contributed by atoms with Gasteiger partial charge in [-0.05, 0) is 35.2 Å². The van der Waals surface area contributed by atoms with Crippen molar-refractivity contribution in [3.05, 3.63) is 93.9 Å². The van der Waals surface area contributed by atoms with Gasteiger partial charge in [-0.25, -0.2) is 0 Å². The van der Waals surface area contributed by atoms with Crippen LogP contribution in [0.15, 0.2) is 77.8 Å². The van der Waals surface area contributed by atoms with E-state index >= 15 is 0 Å². The van der Waals surface area contributed by atoms with Crippen molar-refractivity contribution in [1.29, 1.82) is 0 Å². The molecule has 1 aliphatic heterocycles. The Balaban J connectivity index is 1.83. The van der Waals surface area contributed by atoms with Crippen LogP contribution in [0.5, 0.6) is 0 Å². The van der Waals surface area contributed by atoms with E-state index in [1.165, 1.54) is 4.88 Å². The first kappa shape index (κ1) is 18.8. The van der Waals surface area contributed by atoms with Gasteiger partial charge in [0, 0.05) is 35.2 Å². The van der Waals surface area contributed by atoms with Crippen LogP contribution in [-0.4, -0.2) is 22.2 Å². The summed E-state index contributed by atoms with van der Waals surface area (Å²) in [5.41, 5.74) is 2.34. The molecule has 3 nitrogen and oxygen atoms in total. The summed E-state index contributed by atoms with van der Waals surface area (Å²) in [5, 5.41) is 2.11. The summed E-state index contributed by atoms with van der Waals surface area (Å²) < 4.78 is 0. The standard InChI is InChI=1S/C24H24N2OS/c1-24(2)17-26(16-20-12-8-14-28-20)22(18-9-4-3-5-10-18)21(23(24)27)15-19-11-6-7-13-25-19/h3-15,22H,16-17H2,1-2H3. The third kappa shape index (κ3) is 3.84. The highest BCUT2D eigenvalue weighted by Gasteiger charge is 2.43. The average Bonchev–Trinajstić information content (AvgIpc) is 3.20. The first-order valence-electron chi connectivity index (χ1n) is 9.53. The highest BCUT2D eigenvalue weighted by molar-refractivity contribution is 7.09. The summed E-state index contributed by atoms with van der Waals surface area (Å²) in [6, 6.07) is 20.3. The Kier molecular flexibility index (Phi) is 5.25. The van der Waals surface area contributed by atoms with Crippen molar-refractivity contribution in [2.45, 2.75) is 26.4 Å². The van der Waals surface area contributed by atoms with Gasteiger partial charge in [0.25, 0.3) is 0 Å². The van der Waals surface area contributed by atoms with Gasteiger partial charge in [0.1, 0.15) is 0 Å². The van der Waals surface area contributed by atoms with Crippen LogP contribution >= 0.6 is 11.3 Å². The van der Waals surface area contributed by atoms with Crippen LogP contribution in [0, 0.1) is 5.41 Å². The summed E-state index contributed by atoms with van der Waals surface area (Å²) >= 11 is 1.76. The molecule has 142 valence electrons. The Morgan fingerprint density at radius 1 is 1.11 bits per heavy atom. The second-order valence-corrected chi connectivity index (χ2v) is 8.90. The van der Waals surface area contributed by atoms with Crippen molar-refractivity contribution in [3.63, 3.8) is 0 Å². The lowest BCUT2D eigenvalue weighted by Crippen LogP contribution is -2.48. The predicted molar refractivity (Wildman–Crippen MR) is 115 cm³/mol. The lowest BCUT2D eigenvalue weighted by molar-refractivity contribution is -0.128. The number of benzene rings is 1. The molecule has 1 aromatic carbocycles. The fraction of sp³-hybridized carbons (Fsp3) is 0.250. The lowest BCUT2D eigenvalue weighted by Gasteiger charge is -2.44. The molecule has 0 spiro atoms. The van der Waals surface area contributed by atoms with E-state index in [2.05, 4.69) is 39.5 Å². The van der Waals surface area contributed by atoms with E-state index in [9.17, 15) is 4.79 Å². The molecule has 0 bridgehead atoms. The Labute approximate surface area is 170 Å². The van der Waals surface area contributed by atoms with Crippen molar-refractivity contribution >= 4 is 23.2 Å². The number of pyridine rings is 1. The molecule has 3 aromatic rings. The minimum Gasteiger partial charge on any atom is -0.294 e. The van der Waals surface area contributed by atoms with Gasteiger partial charge in [0.15, 0.2) is 5.78 Å². The van der Waals surface area contributed by atoms with Crippen LogP contribution in [-0.2, 0) is 11.3 Å². The maximum atomic E-state index is 13.5. The van der Waals surface area contributed by atoms with Crippen LogP contribution in [0.2, 0.25) is 0 Å². The van der Waals surface area contributed by atoms with Gasteiger partial charge in [-0.3, -0.25) is 14.7 Å². The molecule has 4 rings (SSSR count). The summed E-state index contributed by atoms with van der Waals surface area (Å²) in [5.74, 6) is 0.203. The van der Waals surface area contributed by atoms with E-state index in [-0.39, 0.29) is 11.8 Å². The van der Waals surface area contributed by atoms with E-state index in [0.717, 1.165) is 29.9 Å². The molecule has 0 radical (unpaired) electrons. The number of rotatable bonds is 4. The van der Waals surface area contributed by atoms with Crippen molar-refractivity contribution in [2.75, 3.05) is 6.54 Å². The van der Waals surface area contributed by atoms with Crippen molar-refractivity contribution in [1.82, 2.24) is 9.88 Å². The molecule has 3 heterocycles. The van der Waals surface area contributed by atoms with E-state index in [4.69, 9.17) is 0 Å². The summed E-state index contributed by atoms with van der Waals surface area (Å²) in [4.78, 5) is 21.6. The number of nitrogens with zero attached hydrogens (tertiary/aromatic N) is 2. The van der Waals surface area contributed by atoms with E-state index in [1.807, 2.05) is 56.3 Å². The number of hydrogen-bond donors (Lipinski definition) is 0. The number of carbonyl (C=O) groups excluding carboxylic acids is 1. The number of thiophene rings is 1. The van der Waals surface area contributed by atoms with E-state index in [1.54, 1.807) is 17.5 Å². The number of hydrogen-bond acceptors (Lipinski definition) is 4. The minimum absolute atomic E-state index is 0.0779. The first-order valence-corrected chi connectivity index (χ1v) is 10.4. The molecule has 0 amide bonds. The predicted octanol–water partition coefficient (Wildman–Crippen LogP) is 5.38. The van der Waals surface area contributed by atoms with Gasteiger partial charge in [-0.15, -0.1) is 11.3 Å². The van der Waals surface area contributed by atoms with Gasteiger partial charge in [0.05, 0.1) is 11.7 Å². The molecular weight excluding hydrogens is 364 g/mol. The fourth-order valence-corrected chi connectivity index (χ4v) is 4.65. The topological polar surface area (TPSA) is 33.2 Å². The SMILES string of the molecule is CC1(C)CN(Cc2cccs2)C(c2ccccc2)C(=Cc2ccccn2)C1=O. The van der Waals surface area contributed by atoms with Crippen molar-refractivity contribution in [3.8, 4) is 0 Å². The molecular formula is C24H24N2OS. The second-order valence-electron chi connectivity index (χ2n) is 7.86. The largest absolute Gasteiger partial charge is 0.294 e. The average molecular weight is 389 g/mol. The van der Waals surface area contributed by atoms with Crippen molar-refractivity contribution < 1.29 is 4.79 Å². The lowest BCUT2D eigenvalue weighted by atomic mass is 9.74. The van der Waals surface area contributed by atoms with Crippen LogP contribution in [0.25, 0.3) is 6.08 Å². The molecule has 1 atom stereocenters. The Morgan fingerprint density at radius 2 is 1.89 bits per heavy atom. The zero-order valence-corrected chi connectivity index (χ0v) is 17.0. The van der Waals surface area contributed by atoms with Crippen LogP contribution in [0.4, 0.5) is 0 Å². The Morgan fingerprint density at radius 3 is 2.57 bits per heavy atom. The monoisotopic (exact) mass is 388 g/mol. The smallest absolute Gasteiger partial charge is 0.167 e. The van der Waals surface area contributed by atoms with Gasteiger partial charge < -0.3 is 0 Å². The molecule has 1 saturated heterocycles. The third-order valence-electron chi connectivity index (χ3n) is 5.18. The first-order chi connectivity index (χ1) is 13.5. The number of likely N-dealkylation sites (tertiary alicyclic amines) is 1. The molecule has 0 N–H and O–H groups in total. The molecule has 4 heteroatoms. The summed E-state index contributed by atoms with van der Waals surface area (Å²) in [6.07, 6.45) is 3.74. The van der Waals surface area contributed by atoms with Crippen molar-refractivity contribution in [2.24, 2.45) is 5.41 Å². The number of piperidine rings is 1. The second kappa shape index (κ2) is 7.82. The van der Waals surface area contributed by atoms with Crippen LogP contribution in [0.1, 0.15) is 36.0 Å². The van der Waals surface area contributed by atoms with E-state index < -0.39 is 5.41 Å². The zero-order valence-electron chi connectivity index (χ0n) is 16.2. The fourth-order valence-electron chi connectivity index (χ4n) is 3.92. The number of aromatic nitrogens is 1. The summed E-state index contributed by atoms with van der Waals surface area (Å²) in [7, 11) is 0. The van der Waals surface area contributed by atoms with Crippen LogP contribution in [0.3, 0.4) is 0 Å². The molecule has 0 aliphatic carbocycles. The third-order valence-corrected chi connectivity index (χ3v) is 6.04. The Bertz CT molecular complexity index is 962. The number of Topliss-reactive ketones (excluding diaryl/α,β-unsaturated/α-hetero) is 1. The normalized spacial score (nSPS) is 21.1. The van der Waals surface area contributed by atoms with E-state index in [0.29, 0.717) is 0 Å². The summed E-state index contributed by atoms with van der Waals surface area (Å²) in [6.45, 7) is 5.64. The van der Waals surface area contributed by atoms with Crippen LogP contribution < -0.4 is 0 Å². The highest BCUT2D eigenvalue weighted by Crippen LogP contribution is 2.42. The quantitative estimate of drug-likeness (QED) is 0.563. The minimum atomic E-state index is -0.441. The number of carbonyl (C=O) groups is 1. The molecule has 1 fully saturated rings. The van der Waals surface area contributed by atoms with Gasteiger partial charge in [-0.1, -0.05) is 56.3 Å². The zero-order chi connectivity index (χ0) is 19.6. The highest BCUT2D eigenvalue weighted by atomic mass is 32.1. The van der Waals surface area contributed by atoms with Gasteiger partial charge >= 0.3 is 0 Å². The maximum Gasteiger partial charge on any atom is 0.167 e. The van der Waals surface area contributed by atoms with Gasteiger partial charge in [-0.2, -0.15) is 0 Å². The Hall–Kier alpha value is -2.56. The number of ketones is 1. The molecule has 2 aromatic heterocycles. The molecule has 1 aliphatic rings. The molecule has 1 unspecified atom stereocenters. The maximum absolute atomic E-state index is 13.5.